The van der Waals surface area contributed by atoms with Gasteiger partial charge < -0.3 is 10.3 Å². The van der Waals surface area contributed by atoms with Gasteiger partial charge in [-0.05, 0) is 48.6 Å². The third-order valence-electron chi connectivity index (χ3n) is 5.90. The molecule has 0 unspecified atom stereocenters. The summed E-state index contributed by atoms with van der Waals surface area (Å²) in [6.07, 6.45) is -1.57. The van der Waals surface area contributed by atoms with Crippen molar-refractivity contribution in [2.75, 3.05) is 10.5 Å². The summed E-state index contributed by atoms with van der Waals surface area (Å²) in [5, 5.41) is 8.25. The maximum atomic E-state index is 13.3. The van der Waals surface area contributed by atoms with Crippen molar-refractivity contribution in [1.29, 1.82) is 0 Å². The van der Waals surface area contributed by atoms with Gasteiger partial charge in [0.25, 0.3) is 10.0 Å². The molecule has 176 valence electrons. The summed E-state index contributed by atoms with van der Waals surface area (Å²) in [6, 6.07) is 8.58. The Kier molecular flexibility index (Phi) is 5.72. The molecule has 0 saturated heterocycles. The molecule has 1 heterocycles. The van der Waals surface area contributed by atoms with E-state index in [4.69, 9.17) is 5.73 Å². The maximum Gasteiger partial charge on any atom is 0.418 e. The SMILES string of the molecule is CC1CC(c2cccc(NS(=O)(=O)c3cc(Br)cc(C(F)(F)F)c3N)c2)(c2nncn2C)C1. The number of nitrogens with one attached hydrogen (secondary N) is 1. The number of nitrogens with two attached hydrogens (primary N) is 1. The lowest BCUT2D eigenvalue weighted by Crippen LogP contribution is -2.43. The van der Waals surface area contributed by atoms with Gasteiger partial charge in [-0.25, -0.2) is 8.42 Å². The molecule has 0 atom stereocenters. The fourth-order valence-electron chi connectivity index (χ4n) is 4.53. The molecule has 0 amide bonds. The summed E-state index contributed by atoms with van der Waals surface area (Å²) in [6.45, 7) is 2.12. The van der Waals surface area contributed by atoms with Crippen LogP contribution in [0.25, 0.3) is 0 Å². The Morgan fingerprint density at radius 3 is 2.52 bits per heavy atom. The van der Waals surface area contributed by atoms with Gasteiger partial charge in [0, 0.05) is 17.2 Å². The number of anilines is 2. The van der Waals surface area contributed by atoms with Gasteiger partial charge in [0.2, 0.25) is 0 Å². The number of aryl methyl sites for hydroxylation is 1. The molecule has 1 saturated carbocycles. The summed E-state index contributed by atoms with van der Waals surface area (Å²) in [5.74, 6) is 1.22. The van der Waals surface area contributed by atoms with E-state index >= 15 is 0 Å². The van der Waals surface area contributed by atoms with Crippen molar-refractivity contribution in [3.63, 3.8) is 0 Å². The van der Waals surface area contributed by atoms with Crippen molar-refractivity contribution in [2.45, 2.75) is 36.3 Å². The summed E-state index contributed by atoms with van der Waals surface area (Å²) < 4.78 is 70.2. The minimum absolute atomic E-state index is 0.0529. The second-order valence-corrected chi connectivity index (χ2v) is 11.0. The van der Waals surface area contributed by atoms with Gasteiger partial charge in [-0.3, -0.25) is 4.72 Å². The lowest BCUT2D eigenvalue weighted by Gasteiger charge is -2.46. The minimum Gasteiger partial charge on any atom is -0.397 e. The average molecular weight is 544 g/mol. The zero-order valence-electron chi connectivity index (χ0n) is 17.7. The van der Waals surface area contributed by atoms with Gasteiger partial charge in [-0.1, -0.05) is 35.0 Å². The lowest BCUT2D eigenvalue weighted by atomic mass is 9.58. The Balaban J connectivity index is 1.73. The number of benzene rings is 2. The van der Waals surface area contributed by atoms with E-state index in [1.54, 1.807) is 18.5 Å². The van der Waals surface area contributed by atoms with Gasteiger partial charge >= 0.3 is 6.18 Å². The third kappa shape index (κ3) is 4.21. The Morgan fingerprint density at radius 2 is 1.94 bits per heavy atom. The minimum atomic E-state index is -4.80. The Bertz CT molecular complexity index is 1320. The molecule has 2 aromatic carbocycles. The average Bonchev–Trinajstić information content (AvgIpc) is 3.12. The van der Waals surface area contributed by atoms with Crippen molar-refractivity contribution >= 4 is 37.3 Å². The molecule has 3 N–H and O–H groups in total. The van der Waals surface area contributed by atoms with Crippen LogP contribution in [0.5, 0.6) is 0 Å². The third-order valence-corrected chi connectivity index (χ3v) is 7.78. The van der Waals surface area contributed by atoms with E-state index in [0.717, 1.165) is 36.4 Å². The number of nitrogen functional groups attached to an aromatic ring is 1. The molecule has 0 aliphatic heterocycles. The second-order valence-electron chi connectivity index (χ2n) is 8.41. The van der Waals surface area contributed by atoms with Crippen LogP contribution in [0.1, 0.15) is 36.7 Å². The van der Waals surface area contributed by atoms with E-state index in [-0.39, 0.29) is 10.2 Å². The van der Waals surface area contributed by atoms with Gasteiger partial charge in [0.1, 0.15) is 17.0 Å². The topological polar surface area (TPSA) is 103 Å². The molecule has 1 aliphatic carbocycles. The fourth-order valence-corrected chi connectivity index (χ4v) is 6.37. The highest BCUT2D eigenvalue weighted by atomic mass is 79.9. The number of nitrogens with zero attached hydrogens (tertiary/aromatic N) is 3. The van der Waals surface area contributed by atoms with Crippen LogP contribution in [-0.4, -0.2) is 23.2 Å². The second kappa shape index (κ2) is 8.01. The van der Waals surface area contributed by atoms with Crippen LogP contribution in [0, 0.1) is 5.92 Å². The van der Waals surface area contributed by atoms with E-state index in [2.05, 4.69) is 37.8 Å². The van der Waals surface area contributed by atoms with Gasteiger partial charge in [0.15, 0.2) is 0 Å². The predicted octanol–water partition coefficient (Wildman–Crippen LogP) is 4.70. The summed E-state index contributed by atoms with van der Waals surface area (Å²) in [4.78, 5) is -0.658. The first kappa shape index (κ1) is 23.6. The number of halogens is 4. The van der Waals surface area contributed by atoms with E-state index in [9.17, 15) is 21.6 Å². The Labute approximate surface area is 197 Å². The molecule has 0 bridgehead atoms. The van der Waals surface area contributed by atoms with E-state index < -0.39 is 37.8 Å². The quantitative estimate of drug-likeness (QED) is 0.454. The molecule has 3 aromatic rings. The lowest BCUT2D eigenvalue weighted by molar-refractivity contribution is -0.137. The monoisotopic (exact) mass is 543 g/mol. The number of sulfonamides is 1. The number of hydrogen-bond acceptors (Lipinski definition) is 5. The molecule has 0 spiro atoms. The molecule has 1 aliphatic rings. The Hall–Kier alpha value is -2.60. The smallest absolute Gasteiger partial charge is 0.397 e. The van der Waals surface area contributed by atoms with Crippen LogP contribution in [0.2, 0.25) is 0 Å². The van der Waals surface area contributed by atoms with Crippen molar-refractivity contribution in [2.24, 2.45) is 13.0 Å². The van der Waals surface area contributed by atoms with Crippen LogP contribution in [0.4, 0.5) is 24.5 Å². The summed E-state index contributed by atoms with van der Waals surface area (Å²) >= 11 is 2.94. The van der Waals surface area contributed by atoms with Gasteiger partial charge in [-0.15, -0.1) is 10.2 Å². The van der Waals surface area contributed by atoms with E-state index in [1.807, 2.05) is 17.7 Å². The first-order valence-electron chi connectivity index (χ1n) is 9.97. The Morgan fingerprint density at radius 1 is 1.24 bits per heavy atom. The predicted molar refractivity (Wildman–Crippen MR) is 121 cm³/mol. The standard InChI is InChI=1S/C21H21BrF3N5O2S/c1-12-9-20(10-12,19-28-27-11-30(19)2)13-4-3-5-15(6-13)29-33(31,32)17-8-14(22)7-16(18(17)26)21(23,24)25/h3-8,11-12,29H,9-10,26H2,1-2H3. The van der Waals surface area contributed by atoms with Crippen molar-refractivity contribution in [3.8, 4) is 0 Å². The molecule has 4 rings (SSSR count). The van der Waals surface area contributed by atoms with Gasteiger partial charge in [0.05, 0.1) is 16.7 Å². The highest BCUT2D eigenvalue weighted by molar-refractivity contribution is 9.10. The van der Waals surface area contributed by atoms with Crippen molar-refractivity contribution in [1.82, 2.24) is 14.8 Å². The molecular weight excluding hydrogens is 523 g/mol. The largest absolute Gasteiger partial charge is 0.418 e. The van der Waals surface area contributed by atoms with Crippen molar-refractivity contribution < 1.29 is 21.6 Å². The van der Waals surface area contributed by atoms with Crippen LogP contribution in [0.3, 0.4) is 0 Å². The van der Waals surface area contributed by atoms with Crippen LogP contribution in [-0.2, 0) is 28.7 Å². The first-order chi connectivity index (χ1) is 15.3. The summed E-state index contributed by atoms with van der Waals surface area (Å²) in [7, 11) is -2.56. The normalized spacial score (nSPS) is 21.0. The number of aromatic nitrogens is 3. The van der Waals surface area contributed by atoms with Crippen LogP contribution < -0.4 is 10.5 Å². The van der Waals surface area contributed by atoms with Crippen molar-refractivity contribution in [3.05, 3.63) is 64.1 Å². The van der Waals surface area contributed by atoms with Crippen LogP contribution in [0.15, 0.2) is 52.1 Å². The molecule has 1 aromatic heterocycles. The molecule has 0 radical (unpaired) electrons. The highest BCUT2D eigenvalue weighted by Crippen LogP contribution is 2.51. The molecular formula is C21H21BrF3N5O2S. The number of hydrogen-bond donors (Lipinski definition) is 2. The molecule has 7 nitrogen and oxygen atoms in total. The zero-order chi connectivity index (χ0) is 24.2. The number of rotatable bonds is 5. The molecule has 1 fully saturated rings. The van der Waals surface area contributed by atoms with Crippen LogP contribution >= 0.6 is 15.9 Å². The van der Waals surface area contributed by atoms with E-state index in [0.29, 0.717) is 5.92 Å². The van der Waals surface area contributed by atoms with E-state index in [1.165, 1.54) is 6.07 Å². The first-order valence-corrected chi connectivity index (χ1v) is 12.3. The number of alkyl halides is 3. The maximum absolute atomic E-state index is 13.3. The molecule has 12 heteroatoms. The highest BCUT2D eigenvalue weighted by Gasteiger charge is 2.48. The molecule has 33 heavy (non-hydrogen) atoms. The van der Waals surface area contributed by atoms with Gasteiger partial charge in [-0.2, -0.15) is 13.2 Å². The fraction of sp³-hybridized carbons (Fsp3) is 0.333. The summed E-state index contributed by atoms with van der Waals surface area (Å²) in [5.41, 5.74) is 4.16. The zero-order valence-corrected chi connectivity index (χ0v) is 20.1.